The van der Waals surface area contributed by atoms with Gasteiger partial charge in [0.25, 0.3) is 0 Å². The van der Waals surface area contributed by atoms with Crippen LogP contribution in [0.15, 0.2) is 0 Å². The van der Waals surface area contributed by atoms with Crippen molar-refractivity contribution in [2.75, 3.05) is 0 Å². The molecule has 2 aliphatic rings. The molecular formula is C13H25NO. The van der Waals surface area contributed by atoms with Crippen molar-refractivity contribution in [3.05, 3.63) is 0 Å². The van der Waals surface area contributed by atoms with Crippen molar-refractivity contribution in [2.45, 2.75) is 71.4 Å². The van der Waals surface area contributed by atoms with Gasteiger partial charge in [-0.1, -0.05) is 6.92 Å². The third kappa shape index (κ3) is 1.83. The maximum absolute atomic E-state index is 10.2. The second kappa shape index (κ2) is 2.98. The van der Waals surface area contributed by atoms with Crippen molar-refractivity contribution in [1.29, 1.82) is 0 Å². The van der Waals surface area contributed by atoms with E-state index in [2.05, 4.69) is 34.6 Å². The fourth-order valence-corrected chi connectivity index (χ4v) is 3.37. The molecule has 2 nitrogen and oxygen atoms in total. The highest BCUT2D eigenvalue weighted by Gasteiger charge is 2.53. The number of hydrogen-bond donors (Lipinski definition) is 1. The Hall–Kier alpha value is -0.0800. The van der Waals surface area contributed by atoms with E-state index in [9.17, 15) is 5.21 Å². The SMILES string of the molecule is CC1(C2CC(C)(C)N(O)C(C)(C)C2)CC1. The summed E-state index contributed by atoms with van der Waals surface area (Å²) in [6, 6.07) is 0. The molecule has 0 bridgehead atoms. The molecule has 1 N–H and O–H groups in total. The Balaban J connectivity index is 2.20. The van der Waals surface area contributed by atoms with Crippen LogP contribution in [0.1, 0.15) is 60.3 Å². The lowest BCUT2D eigenvalue weighted by molar-refractivity contribution is -0.254. The maximum Gasteiger partial charge on any atom is 0.0413 e. The van der Waals surface area contributed by atoms with Gasteiger partial charge in [0.05, 0.1) is 0 Å². The van der Waals surface area contributed by atoms with E-state index in [1.54, 1.807) is 5.06 Å². The molecule has 1 heterocycles. The summed E-state index contributed by atoms with van der Waals surface area (Å²) in [4.78, 5) is 0. The average molecular weight is 211 g/mol. The first kappa shape index (κ1) is 11.4. The van der Waals surface area contributed by atoms with Crippen molar-refractivity contribution >= 4 is 0 Å². The molecule has 0 aromatic rings. The maximum atomic E-state index is 10.2. The molecule has 0 unspecified atom stereocenters. The normalized spacial score (nSPS) is 34.0. The summed E-state index contributed by atoms with van der Waals surface area (Å²) < 4.78 is 0. The van der Waals surface area contributed by atoms with Gasteiger partial charge in [0.1, 0.15) is 0 Å². The van der Waals surface area contributed by atoms with Gasteiger partial charge in [-0.2, -0.15) is 5.06 Å². The Labute approximate surface area is 93.6 Å². The van der Waals surface area contributed by atoms with E-state index in [1.165, 1.54) is 12.8 Å². The van der Waals surface area contributed by atoms with Crippen LogP contribution in [0.4, 0.5) is 0 Å². The number of hydroxylamine groups is 2. The van der Waals surface area contributed by atoms with E-state index in [1.807, 2.05) is 0 Å². The minimum Gasteiger partial charge on any atom is -0.313 e. The van der Waals surface area contributed by atoms with Gasteiger partial charge >= 0.3 is 0 Å². The monoisotopic (exact) mass is 211 g/mol. The minimum atomic E-state index is -0.0714. The molecule has 2 heteroatoms. The Morgan fingerprint density at radius 3 is 1.67 bits per heavy atom. The molecular weight excluding hydrogens is 186 g/mol. The van der Waals surface area contributed by atoms with E-state index in [0.717, 1.165) is 18.8 Å². The number of hydrogen-bond acceptors (Lipinski definition) is 2. The first-order valence-electron chi connectivity index (χ1n) is 6.17. The summed E-state index contributed by atoms with van der Waals surface area (Å²) in [5.41, 5.74) is 0.436. The Morgan fingerprint density at radius 1 is 0.933 bits per heavy atom. The number of piperidine rings is 1. The first-order valence-corrected chi connectivity index (χ1v) is 6.17. The van der Waals surface area contributed by atoms with Crippen LogP contribution in [0.2, 0.25) is 0 Å². The van der Waals surface area contributed by atoms with Crippen LogP contribution in [-0.4, -0.2) is 21.3 Å². The highest BCUT2D eigenvalue weighted by Crippen LogP contribution is 2.58. The van der Waals surface area contributed by atoms with Crippen LogP contribution in [0.25, 0.3) is 0 Å². The molecule has 1 saturated heterocycles. The zero-order valence-corrected chi connectivity index (χ0v) is 10.8. The molecule has 0 radical (unpaired) electrons. The lowest BCUT2D eigenvalue weighted by atomic mass is 9.69. The summed E-state index contributed by atoms with van der Waals surface area (Å²) >= 11 is 0. The molecule has 2 rings (SSSR count). The molecule has 0 aromatic heterocycles. The Bertz CT molecular complexity index is 248. The van der Waals surface area contributed by atoms with E-state index >= 15 is 0 Å². The van der Waals surface area contributed by atoms with Crippen LogP contribution in [0, 0.1) is 11.3 Å². The van der Waals surface area contributed by atoms with Gasteiger partial charge in [0.2, 0.25) is 0 Å². The fourth-order valence-electron chi connectivity index (χ4n) is 3.37. The van der Waals surface area contributed by atoms with Crippen LogP contribution in [0.5, 0.6) is 0 Å². The van der Waals surface area contributed by atoms with Crippen LogP contribution >= 0.6 is 0 Å². The standard InChI is InChI=1S/C13H25NO/c1-11(2)8-10(13(5)6-7-13)9-12(3,4)14(11)15/h10,15H,6-9H2,1-5H3. The molecule has 1 aliphatic carbocycles. The quantitative estimate of drug-likeness (QED) is 0.718. The predicted molar refractivity (Wildman–Crippen MR) is 61.8 cm³/mol. The summed E-state index contributed by atoms with van der Waals surface area (Å²) in [6.07, 6.45) is 5.03. The highest BCUT2D eigenvalue weighted by atomic mass is 16.5. The zero-order chi connectivity index (χ0) is 11.5. The summed E-state index contributed by atoms with van der Waals surface area (Å²) in [5.74, 6) is 0.783. The van der Waals surface area contributed by atoms with E-state index in [4.69, 9.17) is 0 Å². The number of rotatable bonds is 1. The molecule has 15 heavy (non-hydrogen) atoms. The van der Waals surface area contributed by atoms with E-state index in [-0.39, 0.29) is 11.1 Å². The van der Waals surface area contributed by atoms with Crippen molar-refractivity contribution in [3.8, 4) is 0 Å². The van der Waals surface area contributed by atoms with Gasteiger partial charge in [0, 0.05) is 11.1 Å². The molecule has 0 spiro atoms. The first-order chi connectivity index (χ1) is 6.67. The van der Waals surface area contributed by atoms with E-state index in [0.29, 0.717) is 5.41 Å². The van der Waals surface area contributed by atoms with Gasteiger partial charge < -0.3 is 5.21 Å². The van der Waals surface area contributed by atoms with Crippen LogP contribution in [-0.2, 0) is 0 Å². The van der Waals surface area contributed by atoms with E-state index < -0.39 is 0 Å². The molecule has 1 aliphatic heterocycles. The van der Waals surface area contributed by atoms with Crippen LogP contribution < -0.4 is 0 Å². The molecule has 0 aromatic carbocycles. The van der Waals surface area contributed by atoms with Gasteiger partial charge in [-0.3, -0.25) is 0 Å². The predicted octanol–water partition coefficient (Wildman–Crippen LogP) is 3.44. The zero-order valence-electron chi connectivity index (χ0n) is 10.8. The molecule has 2 fully saturated rings. The highest BCUT2D eigenvalue weighted by molar-refractivity contribution is 5.04. The lowest BCUT2D eigenvalue weighted by Gasteiger charge is -2.53. The molecule has 0 atom stereocenters. The summed E-state index contributed by atoms with van der Waals surface area (Å²) in [6.45, 7) is 11.1. The number of nitrogens with zero attached hydrogens (tertiary/aromatic N) is 1. The third-order valence-electron chi connectivity index (χ3n) is 4.66. The smallest absolute Gasteiger partial charge is 0.0413 e. The summed E-state index contributed by atoms with van der Waals surface area (Å²) in [7, 11) is 0. The van der Waals surface area contributed by atoms with Gasteiger partial charge in [0.15, 0.2) is 0 Å². The van der Waals surface area contributed by atoms with Gasteiger partial charge in [-0.15, -0.1) is 0 Å². The van der Waals surface area contributed by atoms with Crippen molar-refractivity contribution < 1.29 is 5.21 Å². The lowest BCUT2D eigenvalue weighted by Crippen LogP contribution is -2.59. The van der Waals surface area contributed by atoms with Gasteiger partial charge in [-0.05, 0) is 64.7 Å². The van der Waals surface area contributed by atoms with Crippen LogP contribution in [0.3, 0.4) is 0 Å². The summed E-state index contributed by atoms with van der Waals surface area (Å²) in [5, 5.41) is 11.8. The molecule has 1 saturated carbocycles. The average Bonchev–Trinajstić information content (AvgIpc) is 2.80. The third-order valence-corrected chi connectivity index (χ3v) is 4.66. The van der Waals surface area contributed by atoms with Crippen molar-refractivity contribution in [3.63, 3.8) is 0 Å². The second-order valence-corrected chi connectivity index (χ2v) is 7.20. The van der Waals surface area contributed by atoms with Gasteiger partial charge in [-0.25, -0.2) is 0 Å². The molecule has 88 valence electrons. The topological polar surface area (TPSA) is 23.5 Å². The molecule has 0 amide bonds. The van der Waals surface area contributed by atoms with Crippen molar-refractivity contribution in [2.24, 2.45) is 11.3 Å². The Kier molecular flexibility index (Phi) is 2.27. The minimum absolute atomic E-state index is 0.0714. The second-order valence-electron chi connectivity index (χ2n) is 7.20. The largest absolute Gasteiger partial charge is 0.313 e. The fraction of sp³-hybridized carbons (Fsp3) is 1.00. The van der Waals surface area contributed by atoms with Crippen molar-refractivity contribution in [1.82, 2.24) is 5.06 Å². The Morgan fingerprint density at radius 2 is 1.33 bits per heavy atom.